The van der Waals surface area contributed by atoms with Gasteiger partial charge in [-0.1, -0.05) is 41.4 Å². The predicted octanol–water partition coefficient (Wildman–Crippen LogP) is 6.27. The number of nitro benzene ring substituents is 1. The van der Waals surface area contributed by atoms with Crippen LogP contribution in [0.3, 0.4) is 0 Å². The van der Waals surface area contributed by atoms with Crippen molar-refractivity contribution >= 4 is 52.1 Å². The lowest BCUT2D eigenvalue weighted by Gasteiger charge is -2.07. The van der Waals surface area contributed by atoms with Crippen molar-refractivity contribution in [2.24, 2.45) is 10.1 Å². The van der Waals surface area contributed by atoms with Gasteiger partial charge in [0, 0.05) is 16.0 Å². The molecule has 2 heterocycles. The fourth-order valence-electron chi connectivity index (χ4n) is 3.31. The second-order valence-corrected chi connectivity index (χ2v) is 8.73. The van der Waals surface area contributed by atoms with Crippen LogP contribution in [0, 0.1) is 10.1 Å². The lowest BCUT2D eigenvalue weighted by molar-refractivity contribution is -0.385. The molecule has 4 aromatic rings. The summed E-state index contributed by atoms with van der Waals surface area (Å²) in [5.74, 6) is 0.730. The Balaban J connectivity index is 1.68. The van der Waals surface area contributed by atoms with Crippen molar-refractivity contribution in [3.8, 4) is 22.8 Å². The predicted molar refractivity (Wildman–Crippen MR) is 132 cm³/mol. The van der Waals surface area contributed by atoms with E-state index in [1.165, 1.54) is 29.7 Å². The minimum atomic E-state index is -0.494. The van der Waals surface area contributed by atoms with E-state index in [0.717, 1.165) is 5.69 Å². The largest absolute Gasteiger partial charge is 0.454 e. The second-order valence-electron chi connectivity index (χ2n) is 7.05. The Labute approximate surface area is 207 Å². The number of halogens is 2. The number of nitrogens with zero attached hydrogens (tertiary/aromatic N) is 4. The number of thiazole rings is 1. The number of aromatic nitrogens is 1. The fourth-order valence-corrected chi connectivity index (χ4v) is 4.54. The van der Waals surface area contributed by atoms with Gasteiger partial charge >= 0.3 is 0 Å². The quantitative estimate of drug-likeness (QED) is 0.179. The molecule has 170 valence electrons. The van der Waals surface area contributed by atoms with Crippen LogP contribution in [0.5, 0.6) is 11.5 Å². The summed E-state index contributed by atoms with van der Waals surface area (Å²) >= 11 is 14.0. The molecule has 8 nitrogen and oxygen atoms in total. The van der Waals surface area contributed by atoms with Gasteiger partial charge in [-0.25, -0.2) is 9.67 Å². The molecule has 0 atom stereocenters. The summed E-state index contributed by atoms with van der Waals surface area (Å²) in [5.41, 5.74) is 2.10. The standard InChI is InChI=1S/C23H14Cl2N4O4S/c24-15-6-7-18(25)17(9-15)20-12-34-23(27-16-4-2-1-3-5-16)28(20)26-11-14-8-21-22(33-13-32-21)10-19(14)29(30)31/h1-12H,13H2. The summed E-state index contributed by atoms with van der Waals surface area (Å²) in [6, 6.07) is 17.4. The van der Waals surface area contributed by atoms with Crippen molar-refractivity contribution in [2.45, 2.75) is 0 Å². The van der Waals surface area contributed by atoms with Crippen LogP contribution in [-0.4, -0.2) is 22.6 Å². The molecule has 34 heavy (non-hydrogen) atoms. The fraction of sp³-hybridized carbons (Fsp3) is 0.0435. The monoisotopic (exact) mass is 512 g/mol. The highest BCUT2D eigenvalue weighted by Gasteiger charge is 2.23. The van der Waals surface area contributed by atoms with Gasteiger partial charge in [-0.05, 0) is 36.4 Å². The summed E-state index contributed by atoms with van der Waals surface area (Å²) in [6.07, 6.45) is 1.39. The van der Waals surface area contributed by atoms with E-state index in [0.29, 0.717) is 37.6 Å². The number of benzene rings is 3. The molecule has 0 aliphatic carbocycles. The summed E-state index contributed by atoms with van der Waals surface area (Å²) in [6.45, 7) is 0.00385. The molecule has 0 radical (unpaired) electrons. The Morgan fingerprint density at radius 1 is 1.06 bits per heavy atom. The summed E-state index contributed by atoms with van der Waals surface area (Å²) in [7, 11) is 0. The Hall–Kier alpha value is -3.66. The summed E-state index contributed by atoms with van der Waals surface area (Å²) in [5, 5.41) is 19.0. The molecule has 0 bridgehead atoms. The zero-order chi connectivity index (χ0) is 23.7. The molecule has 0 saturated heterocycles. The SMILES string of the molecule is O=[N+]([O-])c1cc2c(cc1C=Nn1c(-c3cc(Cl)ccc3Cl)csc1=Nc1ccccc1)OCO2. The molecule has 3 aromatic carbocycles. The van der Waals surface area contributed by atoms with Gasteiger partial charge in [-0.15, -0.1) is 11.3 Å². The first-order chi connectivity index (χ1) is 16.5. The van der Waals surface area contributed by atoms with Crippen molar-refractivity contribution in [1.82, 2.24) is 4.68 Å². The first-order valence-corrected chi connectivity index (χ1v) is 11.5. The number of rotatable bonds is 5. The van der Waals surface area contributed by atoms with Crippen LogP contribution in [0.4, 0.5) is 11.4 Å². The van der Waals surface area contributed by atoms with Crippen molar-refractivity contribution in [3.05, 3.63) is 96.6 Å². The van der Waals surface area contributed by atoms with Crippen LogP contribution in [0.1, 0.15) is 5.56 Å². The van der Waals surface area contributed by atoms with Gasteiger partial charge in [0.2, 0.25) is 11.6 Å². The summed E-state index contributed by atoms with van der Waals surface area (Å²) in [4.78, 5) is 16.4. The van der Waals surface area contributed by atoms with Crippen LogP contribution in [0.15, 0.2) is 76.1 Å². The van der Waals surface area contributed by atoms with E-state index in [-0.39, 0.29) is 18.0 Å². The molecule has 1 aliphatic heterocycles. The molecule has 0 saturated carbocycles. The van der Waals surface area contributed by atoms with E-state index in [9.17, 15) is 10.1 Å². The zero-order valence-corrected chi connectivity index (χ0v) is 19.5. The molecule has 5 rings (SSSR count). The maximum absolute atomic E-state index is 11.7. The van der Waals surface area contributed by atoms with E-state index >= 15 is 0 Å². The maximum atomic E-state index is 11.7. The molecular formula is C23H14Cl2N4O4S. The Bertz CT molecular complexity index is 1500. The molecule has 11 heteroatoms. The molecule has 0 amide bonds. The minimum Gasteiger partial charge on any atom is -0.454 e. The van der Waals surface area contributed by atoms with E-state index in [1.807, 2.05) is 35.7 Å². The third-order valence-corrected chi connectivity index (χ3v) is 6.28. The van der Waals surface area contributed by atoms with Crippen molar-refractivity contribution in [2.75, 3.05) is 6.79 Å². The lowest BCUT2D eigenvalue weighted by atomic mass is 10.1. The second kappa shape index (κ2) is 9.30. The highest BCUT2D eigenvalue weighted by Crippen LogP contribution is 2.37. The minimum absolute atomic E-state index is 0.00385. The molecular weight excluding hydrogens is 499 g/mol. The van der Waals surface area contributed by atoms with Crippen LogP contribution < -0.4 is 14.3 Å². The van der Waals surface area contributed by atoms with Crippen molar-refractivity contribution < 1.29 is 14.4 Å². The molecule has 1 aromatic heterocycles. The van der Waals surface area contributed by atoms with Crippen LogP contribution in [0.2, 0.25) is 10.0 Å². The van der Waals surface area contributed by atoms with Gasteiger partial charge in [-0.2, -0.15) is 5.10 Å². The first-order valence-electron chi connectivity index (χ1n) is 9.88. The van der Waals surface area contributed by atoms with E-state index < -0.39 is 4.92 Å². The van der Waals surface area contributed by atoms with Gasteiger partial charge in [-0.3, -0.25) is 10.1 Å². The highest BCUT2D eigenvalue weighted by atomic mass is 35.5. The van der Waals surface area contributed by atoms with Crippen LogP contribution >= 0.6 is 34.5 Å². The number of nitro groups is 1. The number of fused-ring (bicyclic) bond motifs is 1. The van der Waals surface area contributed by atoms with Crippen molar-refractivity contribution in [3.63, 3.8) is 0 Å². The highest BCUT2D eigenvalue weighted by molar-refractivity contribution is 7.07. The number of hydrogen-bond acceptors (Lipinski definition) is 7. The van der Waals surface area contributed by atoms with Gasteiger partial charge in [0.05, 0.1) is 39.2 Å². The van der Waals surface area contributed by atoms with Gasteiger partial charge < -0.3 is 9.47 Å². The lowest BCUT2D eigenvalue weighted by Crippen LogP contribution is -2.12. The average Bonchev–Trinajstić information content (AvgIpc) is 3.45. The Morgan fingerprint density at radius 2 is 1.82 bits per heavy atom. The van der Waals surface area contributed by atoms with Gasteiger partial charge in [0.15, 0.2) is 11.5 Å². The molecule has 0 spiro atoms. The summed E-state index contributed by atoms with van der Waals surface area (Å²) < 4.78 is 12.2. The molecule has 1 aliphatic rings. The van der Waals surface area contributed by atoms with E-state index in [1.54, 1.807) is 22.9 Å². The van der Waals surface area contributed by atoms with E-state index in [2.05, 4.69) is 10.1 Å². The first kappa shape index (κ1) is 22.1. The normalized spacial score (nSPS) is 13.1. The Morgan fingerprint density at radius 3 is 2.59 bits per heavy atom. The van der Waals surface area contributed by atoms with Crippen LogP contribution in [-0.2, 0) is 0 Å². The number of hydrogen-bond donors (Lipinski definition) is 0. The maximum Gasteiger partial charge on any atom is 0.282 e. The number of ether oxygens (including phenoxy) is 2. The molecule has 0 unspecified atom stereocenters. The number of para-hydroxylation sites is 1. The molecule has 0 fully saturated rings. The zero-order valence-electron chi connectivity index (χ0n) is 17.2. The third-order valence-electron chi connectivity index (χ3n) is 4.90. The smallest absolute Gasteiger partial charge is 0.282 e. The van der Waals surface area contributed by atoms with Gasteiger partial charge in [0.25, 0.3) is 5.69 Å². The Kier molecular flexibility index (Phi) is 6.06. The topological polar surface area (TPSA) is 91.2 Å². The molecule has 0 N–H and O–H groups in total. The van der Waals surface area contributed by atoms with Crippen LogP contribution in [0.25, 0.3) is 11.3 Å². The average molecular weight is 513 g/mol. The van der Waals surface area contributed by atoms with Crippen molar-refractivity contribution in [1.29, 1.82) is 0 Å². The van der Waals surface area contributed by atoms with Gasteiger partial charge in [0.1, 0.15) is 0 Å². The third kappa shape index (κ3) is 4.41. The van der Waals surface area contributed by atoms with E-state index in [4.69, 9.17) is 32.7 Å².